The molecule has 1 atom stereocenters. The molecular formula is C18H21FN2OS. The molecular weight excluding hydrogens is 311 g/mol. The largest absolute Gasteiger partial charge is 0.337 e. The molecule has 1 unspecified atom stereocenters. The van der Waals surface area contributed by atoms with Crippen molar-refractivity contribution in [1.82, 2.24) is 4.90 Å². The first-order valence-electron chi connectivity index (χ1n) is 7.78. The van der Waals surface area contributed by atoms with Crippen molar-refractivity contribution in [3.05, 3.63) is 46.6 Å². The zero-order valence-corrected chi connectivity index (χ0v) is 14.3. The van der Waals surface area contributed by atoms with Crippen LogP contribution in [-0.4, -0.2) is 30.4 Å². The molecule has 2 aromatic rings. The van der Waals surface area contributed by atoms with Crippen molar-refractivity contribution in [2.45, 2.75) is 20.3 Å². The van der Waals surface area contributed by atoms with Gasteiger partial charge in [-0.15, -0.1) is 11.3 Å². The Morgan fingerprint density at radius 2 is 2.09 bits per heavy atom. The van der Waals surface area contributed by atoms with Crippen LogP contribution in [0, 0.1) is 18.2 Å². The second kappa shape index (κ2) is 6.06. The minimum absolute atomic E-state index is 0.0295. The number of carbonyl (C=O) groups excluding carboxylic acids is 1. The van der Waals surface area contributed by atoms with Crippen LogP contribution in [-0.2, 0) is 0 Å². The maximum atomic E-state index is 13.1. The Kier molecular flexibility index (Phi) is 4.25. The van der Waals surface area contributed by atoms with Crippen LogP contribution < -0.4 is 5.73 Å². The molecule has 1 aromatic heterocycles. The summed E-state index contributed by atoms with van der Waals surface area (Å²) in [6.07, 6.45) is 0.949. The fourth-order valence-corrected chi connectivity index (χ4v) is 4.14. The molecule has 3 nitrogen and oxygen atoms in total. The van der Waals surface area contributed by atoms with Gasteiger partial charge in [-0.3, -0.25) is 4.79 Å². The van der Waals surface area contributed by atoms with Crippen molar-refractivity contribution >= 4 is 17.2 Å². The summed E-state index contributed by atoms with van der Waals surface area (Å²) in [5, 5.41) is 0. The maximum Gasteiger partial charge on any atom is 0.263 e. The molecule has 1 amide bonds. The summed E-state index contributed by atoms with van der Waals surface area (Å²) in [5.41, 5.74) is 7.84. The number of likely N-dealkylation sites (tertiary alicyclic amines) is 1. The van der Waals surface area contributed by atoms with E-state index >= 15 is 0 Å². The average Bonchev–Trinajstić information content (AvgIpc) is 3.12. The van der Waals surface area contributed by atoms with E-state index in [2.05, 4.69) is 6.92 Å². The smallest absolute Gasteiger partial charge is 0.263 e. The van der Waals surface area contributed by atoms with Crippen LogP contribution in [0.1, 0.15) is 28.6 Å². The van der Waals surface area contributed by atoms with Gasteiger partial charge in [0, 0.05) is 18.0 Å². The molecule has 0 aliphatic carbocycles. The topological polar surface area (TPSA) is 46.3 Å². The standard InChI is InChI=1S/C18H21FN2OS/c1-12-9-15(17(22)21-8-7-18(2,10-20)11-21)23-16(12)13-3-5-14(19)6-4-13/h3-6,9H,7-8,10-11,20H2,1-2H3. The third-order valence-corrected chi connectivity index (χ3v) is 5.85. The monoisotopic (exact) mass is 332 g/mol. The third-order valence-electron chi connectivity index (χ3n) is 4.57. The number of nitrogens with zero attached hydrogens (tertiary/aromatic N) is 1. The second-order valence-electron chi connectivity index (χ2n) is 6.62. The first-order valence-corrected chi connectivity index (χ1v) is 8.59. The number of rotatable bonds is 3. The van der Waals surface area contributed by atoms with Crippen LogP contribution in [0.2, 0.25) is 0 Å². The average molecular weight is 332 g/mol. The Bertz CT molecular complexity index is 725. The van der Waals surface area contributed by atoms with Crippen molar-refractivity contribution in [2.75, 3.05) is 19.6 Å². The summed E-state index contributed by atoms with van der Waals surface area (Å²) in [4.78, 5) is 16.4. The molecule has 1 saturated heterocycles. The molecule has 1 aliphatic rings. The molecule has 5 heteroatoms. The van der Waals surface area contributed by atoms with Crippen LogP contribution in [0.4, 0.5) is 4.39 Å². The highest BCUT2D eigenvalue weighted by Crippen LogP contribution is 2.35. The molecule has 0 saturated carbocycles. The molecule has 1 fully saturated rings. The van der Waals surface area contributed by atoms with Crippen molar-refractivity contribution in [3.63, 3.8) is 0 Å². The summed E-state index contributed by atoms with van der Waals surface area (Å²) in [6, 6.07) is 8.34. The number of hydrogen-bond donors (Lipinski definition) is 1. The number of hydrogen-bond acceptors (Lipinski definition) is 3. The van der Waals surface area contributed by atoms with Crippen LogP contribution in [0.3, 0.4) is 0 Å². The molecule has 2 N–H and O–H groups in total. The van der Waals surface area contributed by atoms with Gasteiger partial charge in [0.15, 0.2) is 0 Å². The van der Waals surface area contributed by atoms with Crippen molar-refractivity contribution in [1.29, 1.82) is 0 Å². The van der Waals surface area contributed by atoms with Gasteiger partial charge in [-0.1, -0.05) is 19.1 Å². The Balaban J connectivity index is 1.83. The predicted octanol–water partition coefficient (Wildman–Crippen LogP) is 3.67. The van der Waals surface area contributed by atoms with Crippen molar-refractivity contribution in [2.24, 2.45) is 11.1 Å². The molecule has 23 heavy (non-hydrogen) atoms. The van der Waals surface area contributed by atoms with Crippen LogP contribution in [0.15, 0.2) is 30.3 Å². The maximum absolute atomic E-state index is 13.1. The zero-order chi connectivity index (χ0) is 16.6. The van der Waals surface area contributed by atoms with E-state index in [0.717, 1.165) is 33.8 Å². The van der Waals surface area contributed by atoms with Gasteiger partial charge in [0.05, 0.1) is 4.88 Å². The normalized spacial score (nSPS) is 21.0. The highest BCUT2D eigenvalue weighted by Gasteiger charge is 2.35. The highest BCUT2D eigenvalue weighted by molar-refractivity contribution is 7.17. The minimum Gasteiger partial charge on any atom is -0.337 e. The zero-order valence-electron chi connectivity index (χ0n) is 13.4. The molecule has 122 valence electrons. The fourth-order valence-electron chi connectivity index (χ4n) is 2.99. The number of halogens is 1. The van der Waals surface area contributed by atoms with E-state index in [4.69, 9.17) is 5.73 Å². The minimum atomic E-state index is -0.252. The number of nitrogens with two attached hydrogens (primary N) is 1. The summed E-state index contributed by atoms with van der Waals surface area (Å²) in [7, 11) is 0. The van der Waals surface area contributed by atoms with Crippen molar-refractivity contribution in [3.8, 4) is 10.4 Å². The Labute approximate surface area is 139 Å². The second-order valence-corrected chi connectivity index (χ2v) is 7.67. The van der Waals surface area contributed by atoms with Gasteiger partial charge >= 0.3 is 0 Å². The summed E-state index contributed by atoms with van der Waals surface area (Å²) >= 11 is 1.48. The number of thiophene rings is 1. The number of aryl methyl sites for hydroxylation is 1. The quantitative estimate of drug-likeness (QED) is 0.932. The van der Waals surface area contributed by atoms with E-state index in [0.29, 0.717) is 13.1 Å². The summed E-state index contributed by atoms with van der Waals surface area (Å²) < 4.78 is 13.1. The predicted molar refractivity (Wildman–Crippen MR) is 92.1 cm³/mol. The molecule has 3 rings (SSSR count). The van der Waals surface area contributed by atoms with Crippen LogP contribution in [0.25, 0.3) is 10.4 Å². The molecule has 1 aliphatic heterocycles. The summed E-state index contributed by atoms with van der Waals surface area (Å²) in [5.74, 6) is -0.180. The molecule has 0 radical (unpaired) electrons. The first kappa shape index (κ1) is 16.1. The van der Waals surface area contributed by atoms with Gasteiger partial charge < -0.3 is 10.6 Å². The lowest BCUT2D eigenvalue weighted by molar-refractivity contribution is 0.0781. The van der Waals surface area contributed by atoms with Gasteiger partial charge in [-0.2, -0.15) is 0 Å². The summed E-state index contributed by atoms with van der Waals surface area (Å²) in [6.45, 7) is 6.19. The SMILES string of the molecule is Cc1cc(C(=O)N2CCC(C)(CN)C2)sc1-c1ccc(F)cc1. The van der Waals surface area contributed by atoms with Crippen LogP contribution >= 0.6 is 11.3 Å². The highest BCUT2D eigenvalue weighted by atomic mass is 32.1. The fraction of sp³-hybridized carbons (Fsp3) is 0.389. The van der Waals surface area contributed by atoms with E-state index in [1.807, 2.05) is 17.9 Å². The number of amides is 1. The first-order chi connectivity index (χ1) is 10.9. The Morgan fingerprint density at radius 1 is 1.39 bits per heavy atom. The molecule has 0 spiro atoms. The van der Waals surface area contributed by atoms with Crippen molar-refractivity contribution < 1.29 is 9.18 Å². The number of carbonyl (C=O) groups is 1. The van der Waals surface area contributed by atoms with Crippen LogP contribution in [0.5, 0.6) is 0 Å². The van der Waals surface area contributed by atoms with Gasteiger partial charge in [0.1, 0.15) is 5.82 Å². The van der Waals surface area contributed by atoms with Gasteiger partial charge in [0.25, 0.3) is 5.91 Å². The Hall–Kier alpha value is -1.72. The van der Waals surface area contributed by atoms with E-state index < -0.39 is 0 Å². The Morgan fingerprint density at radius 3 is 2.70 bits per heavy atom. The third kappa shape index (κ3) is 3.16. The van der Waals surface area contributed by atoms with E-state index in [-0.39, 0.29) is 17.1 Å². The van der Waals surface area contributed by atoms with E-state index in [1.54, 1.807) is 12.1 Å². The van der Waals surface area contributed by atoms with Gasteiger partial charge in [0.2, 0.25) is 0 Å². The number of benzene rings is 1. The van der Waals surface area contributed by atoms with E-state index in [1.165, 1.54) is 23.5 Å². The lowest BCUT2D eigenvalue weighted by Crippen LogP contribution is -2.34. The molecule has 1 aromatic carbocycles. The lowest BCUT2D eigenvalue weighted by atomic mass is 9.90. The van der Waals surface area contributed by atoms with Gasteiger partial charge in [-0.05, 0) is 54.6 Å². The molecule has 0 bridgehead atoms. The molecule has 2 heterocycles. The van der Waals surface area contributed by atoms with E-state index in [9.17, 15) is 9.18 Å². The lowest BCUT2D eigenvalue weighted by Gasteiger charge is -2.22. The van der Waals surface area contributed by atoms with Gasteiger partial charge in [-0.25, -0.2) is 4.39 Å².